The normalized spacial score (nSPS) is 25.9. The topological polar surface area (TPSA) is 41.6 Å². The molecular weight excluding hydrogens is 288 g/mol. The lowest BCUT2D eigenvalue weighted by atomic mass is 9.89. The summed E-state index contributed by atoms with van der Waals surface area (Å²) in [4.78, 5) is 14.5. The zero-order valence-corrected chi connectivity index (χ0v) is 15.0. The molecular formula is C19H30N2O2. The van der Waals surface area contributed by atoms with Crippen molar-refractivity contribution >= 4 is 6.09 Å². The van der Waals surface area contributed by atoms with Crippen molar-refractivity contribution in [2.24, 2.45) is 5.92 Å². The minimum atomic E-state index is -0.451. The van der Waals surface area contributed by atoms with Crippen LogP contribution >= 0.6 is 0 Å². The fraction of sp³-hybridized carbons (Fsp3) is 0.632. The van der Waals surface area contributed by atoms with E-state index < -0.39 is 5.60 Å². The fourth-order valence-electron chi connectivity index (χ4n) is 3.12. The Balaban J connectivity index is 1.90. The highest BCUT2D eigenvalue weighted by Gasteiger charge is 2.32. The van der Waals surface area contributed by atoms with Crippen molar-refractivity contribution in [3.63, 3.8) is 0 Å². The van der Waals surface area contributed by atoms with Crippen LogP contribution in [0.5, 0.6) is 0 Å². The molecule has 0 spiro atoms. The Bertz CT molecular complexity index is 510. The summed E-state index contributed by atoms with van der Waals surface area (Å²) in [6.45, 7) is 12.1. The van der Waals surface area contributed by atoms with Crippen LogP contribution in [0.4, 0.5) is 4.79 Å². The van der Waals surface area contributed by atoms with Gasteiger partial charge in [-0.25, -0.2) is 4.79 Å². The number of carbonyl (C=O) groups excluding carboxylic acids is 1. The second-order valence-electron chi connectivity index (χ2n) is 7.73. The van der Waals surface area contributed by atoms with Crippen LogP contribution in [0.25, 0.3) is 0 Å². The SMILES string of the molecule is C[C@@H]1CN(Cc2ccccc2)[C@@H](C)C[C@H]1NC(=O)OC(C)(C)C. The van der Waals surface area contributed by atoms with Crippen molar-refractivity contribution in [3.05, 3.63) is 35.9 Å². The van der Waals surface area contributed by atoms with E-state index in [2.05, 4.69) is 48.3 Å². The lowest BCUT2D eigenvalue weighted by molar-refractivity contribution is 0.0384. The molecule has 1 saturated heterocycles. The van der Waals surface area contributed by atoms with E-state index in [0.29, 0.717) is 12.0 Å². The van der Waals surface area contributed by atoms with Gasteiger partial charge in [-0.2, -0.15) is 0 Å². The predicted octanol–water partition coefficient (Wildman–Crippen LogP) is 3.81. The highest BCUT2D eigenvalue weighted by Crippen LogP contribution is 2.24. The molecule has 4 heteroatoms. The molecule has 1 N–H and O–H groups in total. The van der Waals surface area contributed by atoms with Gasteiger partial charge in [-0.05, 0) is 45.6 Å². The Labute approximate surface area is 140 Å². The summed E-state index contributed by atoms with van der Waals surface area (Å²) in [5, 5.41) is 3.05. The van der Waals surface area contributed by atoms with Crippen LogP contribution in [0, 0.1) is 5.92 Å². The van der Waals surface area contributed by atoms with E-state index in [1.165, 1.54) is 5.56 Å². The average molecular weight is 318 g/mol. The highest BCUT2D eigenvalue weighted by molar-refractivity contribution is 5.68. The van der Waals surface area contributed by atoms with Crippen LogP contribution in [-0.2, 0) is 11.3 Å². The first-order chi connectivity index (χ1) is 10.7. The number of piperidine rings is 1. The number of rotatable bonds is 3. The summed E-state index contributed by atoms with van der Waals surface area (Å²) in [5.74, 6) is 0.405. The number of ether oxygens (including phenoxy) is 1. The molecule has 0 radical (unpaired) electrons. The van der Waals surface area contributed by atoms with E-state index in [9.17, 15) is 4.79 Å². The number of alkyl carbamates (subject to hydrolysis) is 1. The molecule has 0 aliphatic carbocycles. The largest absolute Gasteiger partial charge is 0.444 e. The van der Waals surface area contributed by atoms with Crippen molar-refractivity contribution in [1.29, 1.82) is 0 Å². The van der Waals surface area contributed by atoms with Crippen molar-refractivity contribution in [2.75, 3.05) is 6.54 Å². The van der Waals surface area contributed by atoms with E-state index in [0.717, 1.165) is 19.5 Å². The zero-order chi connectivity index (χ0) is 17.0. The first-order valence-electron chi connectivity index (χ1n) is 8.52. The molecule has 1 fully saturated rings. The average Bonchev–Trinajstić information content (AvgIpc) is 2.43. The summed E-state index contributed by atoms with van der Waals surface area (Å²) < 4.78 is 5.38. The molecule has 0 saturated carbocycles. The van der Waals surface area contributed by atoms with E-state index in [-0.39, 0.29) is 12.1 Å². The van der Waals surface area contributed by atoms with Gasteiger partial charge in [-0.3, -0.25) is 4.90 Å². The third-order valence-corrected chi connectivity index (χ3v) is 4.36. The molecule has 128 valence electrons. The summed E-state index contributed by atoms with van der Waals surface area (Å²) in [6.07, 6.45) is 0.644. The van der Waals surface area contributed by atoms with Gasteiger partial charge in [0.25, 0.3) is 0 Å². The summed E-state index contributed by atoms with van der Waals surface area (Å²) in [5.41, 5.74) is 0.887. The molecule has 3 atom stereocenters. The molecule has 1 aliphatic rings. The maximum absolute atomic E-state index is 12.0. The molecule has 4 nitrogen and oxygen atoms in total. The lowest BCUT2D eigenvalue weighted by Gasteiger charge is -2.42. The zero-order valence-electron chi connectivity index (χ0n) is 15.0. The monoisotopic (exact) mass is 318 g/mol. The first kappa shape index (κ1) is 17.8. The molecule has 2 rings (SSSR count). The fourth-order valence-corrected chi connectivity index (χ4v) is 3.12. The number of likely N-dealkylation sites (tertiary alicyclic amines) is 1. The van der Waals surface area contributed by atoms with Gasteiger partial charge in [-0.1, -0.05) is 37.3 Å². The molecule has 1 heterocycles. The molecule has 0 bridgehead atoms. The van der Waals surface area contributed by atoms with Gasteiger partial charge in [0, 0.05) is 25.2 Å². The third kappa shape index (κ3) is 5.54. The van der Waals surface area contributed by atoms with E-state index >= 15 is 0 Å². The number of carbonyl (C=O) groups is 1. The van der Waals surface area contributed by atoms with Gasteiger partial charge < -0.3 is 10.1 Å². The van der Waals surface area contributed by atoms with Gasteiger partial charge in [0.1, 0.15) is 5.60 Å². The summed E-state index contributed by atoms with van der Waals surface area (Å²) in [7, 11) is 0. The third-order valence-electron chi connectivity index (χ3n) is 4.36. The van der Waals surface area contributed by atoms with Crippen molar-refractivity contribution < 1.29 is 9.53 Å². The van der Waals surface area contributed by atoms with Crippen LogP contribution in [0.3, 0.4) is 0 Å². The van der Waals surface area contributed by atoms with Crippen LogP contribution in [0.15, 0.2) is 30.3 Å². The molecule has 1 aromatic carbocycles. The summed E-state index contributed by atoms with van der Waals surface area (Å²) in [6, 6.07) is 11.2. The van der Waals surface area contributed by atoms with Gasteiger partial charge in [0.05, 0.1) is 0 Å². The molecule has 1 aliphatic heterocycles. The molecule has 0 unspecified atom stereocenters. The Morgan fingerprint density at radius 1 is 1.26 bits per heavy atom. The van der Waals surface area contributed by atoms with Gasteiger partial charge >= 0.3 is 6.09 Å². The number of hydrogen-bond donors (Lipinski definition) is 1. The van der Waals surface area contributed by atoms with Crippen LogP contribution in [0.2, 0.25) is 0 Å². The van der Waals surface area contributed by atoms with E-state index in [4.69, 9.17) is 4.74 Å². The molecule has 1 aromatic rings. The van der Waals surface area contributed by atoms with Crippen LogP contribution in [-0.4, -0.2) is 35.2 Å². The lowest BCUT2D eigenvalue weighted by Crippen LogP contribution is -2.53. The first-order valence-corrected chi connectivity index (χ1v) is 8.52. The van der Waals surface area contributed by atoms with Gasteiger partial charge in [0.2, 0.25) is 0 Å². The van der Waals surface area contributed by atoms with Gasteiger partial charge in [-0.15, -0.1) is 0 Å². The number of amides is 1. The Hall–Kier alpha value is -1.55. The smallest absolute Gasteiger partial charge is 0.407 e. The standard InChI is InChI=1S/C19H30N2O2/c1-14-12-21(13-16-9-7-6-8-10-16)15(2)11-17(14)20-18(22)23-19(3,4)5/h6-10,14-15,17H,11-13H2,1-5H3,(H,20,22)/t14-,15+,17-/m1/s1. The minimum absolute atomic E-state index is 0.173. The summed E-state index contributed by atoms with van der Waals surface area (Å²) >= 11 is 0. The second-order valence-corrected chi connectivity index (χ2v) is 7.73. The predicted molar refractivity (Wildman–Crippen MR) is 93.3 cm³/mol. The maximum atomic E-state index is 12.0. The maximum Gasteiger partial charge on any atom is 0.407 e. The van der Waals surface area contributed by atoms with Crippen molar-refractivity contribution in [2.45, 2.75) is 65.3 Å². The Morgan fingerprint density at radius 2 is 1.91 bits per heavy atom. The van der Waals surface area contributed by atoms with E-state index in [1.54, 1.807) is 0 Å². The quantitative estimate of drug-likeness (QED) is 0.921. The van der Waals surface area contributed by atoms with Crippen LogP contribution < -0.4 is 5.32 Å². The number of hydrogen-bond acceptors (Lipinski definition) is 3. The van der Waals surface area contributed by atoms with E-state index in [1.807, 2.05) is 26.8 Å². The highest BCUT2D eigenvalue weighted by atomic mass is 16.6. The number of benzene rings is 1. The van der Waals surface area contributed by atoms with Crippen molar-refractivity contribution in [1.82, 2.24) is 10.2 Å². The van der Waals surface area contributed by atoms with Gasteiger partial charge in [0.15, 0.2) is 0 Å². The van der Waals surface area contributed by atoms with Crippen molar-refractivity contribution in [3.8, 4) is 0 Å². The minimum Gasteiger partial charge on any atom is -0.444 e. The Kier molecular flexibility index (Phi) is 5.69. The second kappa shape index (κ2) is 7.35. The molecule has 0 aromatic heterocycles. The van der Waals surface area contributed by atoms with Crippen LogP contribution in [0.1, 0.15) is 46.6 Å². The Morgan fingerprint density at radius 3 is 2.52 bits per heavy atom. The molecule has 1 amide bonds. The number of nitrogens with one attached hydrogen (secondary N) is 1. The molecule has 23 heavy (non-hydrogen) atoms. The number of nitrogens with zero attached hydrogens (tertiary/aromatic N) is 1.